The van der Waals surface area contributed by atoms with Gasteiger partial charge in [-0.05, 0) is 56.4 Å². The lowest BCUT2D eigenvalue weighted by Crippen LogP contribution is -2.39. The number of benzene rings is 1. The van der Waals surface area contributed by atoms with Crippen LogP contribution in [-0.4, -0.2) is 69.3 Å². The Balaban J connectivity index is 1.22. The fraction of sp³-hybridized carbons (Fsp3) is 0.571. The van der Waals surface area contributed by atoms with Crippen LogP contribution in [0.5, 0.6) is 5.75 Å². The van der Waals surface area contributed by atoms with Crippen LogP contribution >= 0.6 is 0 Å². The van der Waals surface area contributed by atoms with Crippen molar-refractivity contribution in [1.29, 1.82) is 0 Å². The Labute approximate surface area is 166 Å². The third-order valence-corrected chi connectivity index (χ3v) is 5.72. The summed E-state index contributed by atoms with van der Waals surface area (Å²) in [6.07, 6.45) is 9.28. The van der Waals surface area contributed by atoms with E-state index >= 15 is 0 Å². The van der Waals surface area contributed by atoms with Crippen LogP contribution < -0.4 is 4.74 Å². The third kappa shape index (κ3) is 4.90. The van der Waals surface area contributed by atoms with Gasteiger partial charge in [-0.3, -0.25) is 4.79 Å². The van der Waals surface area contributed by atoms with Gasteiger partial charge < -0.3 is 19.1 Å². The molecule has 2 aromatic rings. The highest BCUT2D eigenvalue weighted by Gasteiger charge is 2.21. The maximum absolute atomic E-state index is 12.6. The first-order valence-corrected chi connectivity index (χ1v) is 10.4. The fourth-order valence-corrected chi connectivity index (χ4v) is 3.99. The van der Waals surface area contributed by atoms with Gasteiger partial charge in [0, 0.05) is 44.8 Å². The second-order valence-electron chi connectivity index (χ2n) is 7.74. The summed E-state index contributed by atoms with van der Waals surface area (Å²) in [6.45, 7) is 5.78. The van der Waals surface area contributed by atoms with E-state index in [1.807, 2.05) is 33.7 Å². The minimum absolute atomic E-state index is 0.146. The number of amides is 1. The molecule has 7 heteroatoms. The molecule has 2 aliphatic rings. The molecule has 150 valence electrons. The van der Waals surface area contributed by atoms with Gasteiger partial charge in [0.15, 0.2) is 0 Å². The normalized spacial score (nSPS) is 18.9. The number of piperidine rings is 2. The molecule has 7 nitrogen and oxygen atoms in total. The maximum atomic E-state index is 12.6. The number of likely N-dealkylation sites (tertiary alicyclic amines) is 2. The van der Waals surface area contributed by atoms with Crippen molar-refractivity contribution >= 4 is 5.91 Å². The minimum Gasteiger partial charge on any atom is -0.490 e. The lowest BCUT2D eigenvalue weighted by Gasteiger charge is -2.32. The predicted octanol–water partition coefficient (Wildman–Crippen LogP) is 2.45. The van der Waals surface area contributed by atoms with E-state index in [1.165, 1.54) is 6.42 Å². The monoisotopic (exact) mass is 383 g/mol. The lowest BCUT2D eigenvalue weighted by molar-refractivity contribution is 0.0724. The Morgan fingerprint density at radius 1 is 0.929 bits per heavy atom. The van der Waals surface area contributed by atoms with Gasteiger partial charge in [0.25, 0.3) is 5.91 Å². The van der Waals surface area contributed by atoms with Gasteiger partial charge in [-0.15, -0.1) is 10.2 Å². The van der Waals surface area contributed by atoms with E-state index in [0.29, 0.717) is 0 Å². The van der Waals surface area contributed by atoms with Crippen LogP contribution in [0.3, 0.4) is 0 Å². The number of ether oxygens (including phenoxy) is 1. The summed E-state index contributed by atoms with van der Waals surface area (Å²) in [5, 5.41) is 7.68. The maximum Gasteiger partial charge on any atom is 0.253 e. The van der Waals surface area contributed by atoms with E-state index in [2.05, 4.69) is 15.1 Å². The molecule has 2 fully saturated rings. The van der Waals surface area contributed by atoms with Crippen LogP contribution in [0.1, 0.15) is 42.5 Å². The molecule has 0 unspecified atom stereocenters. The zero-order valence-electron chi connectivity index (χ0n) is 16.4. The number of nitrogens with zero attached hydrogens (tertiary/aromatic N) is 5. The summed E-state index contributed by atoms with van der Waals surface area (Å²) in [7, 11) is 0. The molecule has 1 amide bonds. The van der Waals surface area contributed by atoms with Crippen molar-refractivity contribution in [2.45, 2.75) is 44.8 Å². The first kappa shape index (κ1) is 18.9. The Morgan fingerprint density at radius 3 is 2.29 bits per heavy atom. The summed E-state index contributed by atoms with van der Waals surface area (Å²) in [6, 6.07) is 7.69. The molecule has 0 radical (unpaired) electrons. The summed E-state index contributed by atoms with van der Waals surface area (Å²) in [5.41, 5.74) is 0.762. The van der Waals surface area contributed by atoms with Crippen LogP contribution in [0.25, 0.3) is 0 Å². The molecule has 4 rings (SSSR count). The summed E-state index contributed by atoms with van der Waals surface area (Å²) in [5.74, 6) is 1.01. The number of rotatable bonds is 6. The van der Waals surface area contributed by atoms with E-state index < -0.39 is 0 Å². The zero-order chi connectivity index (χ0) is 19.2. The first-order valence-electron chi connectivity index (χ1n) is 10.4. The highest BCUT2D eigenvalue weighted by atomic mass is 16.5. The van der Waals surface area contributed by atoms with Crippen LogP contribution in [0, 0.1) is 0 Å². The Kier molecular flexibility index (Phi) is 6.21. The van der Waals surface area contributed by atoms with Crippen molar-refractivity contribution in [3.05, 3.63) is 42.5 Å². The number of carbonyl (C=O) groups excluding carboxylic acids is 1. The standard InChI is InChI=1S/C21H29N5O2/c27-21(26-10-2-1-3-11-26)18-4-6-19(7-5-18)28-20-8-12-24(13-9-20)14-15-25-16-22-23-17-25/h4-7,16-17,20H,1-3,8-15H2. The van der Waals surface area contributed by atoms with E-state index in [4.69, 9.17) is 4.74 Å². The molecule has 0 atom stereocenters. The van der Waals surface area contributed by atoms with E-state index in [0.717, 1.165) is 76.3 Å². The molecular formula is C21H29N5O2. The van der Waals surface area contributed by atoms with Crippen LogP contribution in [0.2, 0.25) is 0 Å². The summed E-state index contributed by atoms with van der Waals surface area (Å²) in [4.78, 5) is 17.0. The van der Waals surface area contributed by atoms with Gasteiger partial charge in [0.1, 0.15) is 24.5 Å². The molecule has 0 N–H and O–H groups in total. The third-order valence-electron chi connectivity index (χ3n) is 5.72. The van der Waals surface area contributed by atoms with Crippen molar-refractivity contribution in [2.75, 3.05) is 32.7 Å². The van der Waals surface area contributed by atoms with Gasteiger partial charge in [0.05, 0.1) is 0 Å². The van der Waals surface area contributed by atoms with Crippen molar-refractivity contribution in [3.63, 3.8) is 0 Å². The number of hydrogen-bond donors (Lipinski definition) is 0. The summed E-state index contributed by atoms with van der Waals surface area (Å²) < 4.78 is 8.17. The molecule has 0 bridgehead atoms. The van der Waals surface area contributed by atoms with E-state index in [1.54, 1.807) is 12.7 Å². The molecule has 2 aliphatic heterocycles. The Morgan fingerprint density at radius 2 is 1.61 bits per heavy atom. The molecular weight excluding hydrogens is 354 g/mol. The zero-order valence-corrected chi connectivity index (χ0v) is 16.4. The average Bonchev–Trinajstić information content (AvgIpc) is 3.28. The van der Waals surface area contributed by atoms with Crippen LogP contribution in [0.4, 0.5) is 0 Å². The summed E-state index contributed by atoms with van der Waals surface area (Å²) >= 11 is 0. The second kappa shape index (κ2) is 9.19. The van der Waals surface area contributed by atoms with Crippen molar-refractivity contribution < 1.29 is 9.53 Å². The second-order valence-corrected chi connectivity index (χ2v) is 7.74. The van der Waals surface area contributed by atoms with Crippen molar-refractivity contribution in [1.82, 2.24) is 24.6 Å². The largest absolute Gasteiger partial charge is 0.490 e. The molecule has 0 spiro atoms. The number of aromatic nitrogens is 3. The number of carbonyl (C=O) groups is 1. The van der Waals surface area contributed by atoms with Crippen LogP contribution in [-0.2, 0) is 6.54 Å². The fourth-order valence-electron chi connectivity index (χ4n) is 3.99. The van der Waals surface area contributed by atoms with E-state index in [-0.39, 0.29) is 12.0 Å². The lowest BCUT2D eigenvalue weighted by atomic mass is 10.1. The Hall–Kier alpha value is -2.41. The molecule has 0 aliphatic carbocycles. The highest BCUT2D eigenvalue weighted by Crippen LogP contribution is 2.21. The van der Waals surface area contributed by atoms with Gasteiger partial charge in [-0.2, -0.15) is 0 Å². The molecule has 0 saturated carbocycles. The smallest absolute Gasteiger partial charge is 0.253 e. The van der Waals surface area contributed by atoms with Gasteiger partial charge in [0.2, 0.25) is 0 Å². The molecule has 28 heavy (non-hydrogen) atoms. The molecule has 2 saturated heterocycles. The van der Waals surface area contributed by atoms with Crippen LogP contribution in [0.15, 0.2) is 36.9 Å². The predicted molar refractivity (Wildman–Crippen MR) is 106 cm³/mol. The molecule has 3 heterocycles. The topological polar surface area (TPSA) is 63.5 Å². The van der Waals surface area contributed by atoms with Gasteiger partial charge >= 0.3 is 0 Å². The van der Waals surface area contributed by atoms with Crippen molar-refractivity contribution in [2.24, 2.45) is 0 Å². The highest BCUT2D eigenvalue weighted by molar-refractivity contribution is 5.94. The minimum atomic E-state index is 0.146. The quantitative estimate of drug-likeness (QED) is 0.767. The van der Waals surface area contributed by atoms with E-state index in [9.17, 15) is 4.79 Å². The SMILES string of the molecule is O=C(c1ccc(OC2CCN(CCn3cnnc3)CC2)cc1)N1CCCCC1. The van der Waals surface area contributed by atoms with Gasteiger partial charge in [-0.1, -0.05) is 0 Å². The number of hydrogen-bond acceptors (Lipinski definition) is 5. The molecule has 1 aromatic heterocycles. The average molecular weight is 383 g/mol. The van der Waals surface area contributed by atoms with Crippen molar-refractivity contribution in [3.8, 4) is 5.75 Å². The Bertz CT molecular complexity index is 733. The van der Waals surface area contributed by atoms with Gasteiger partial charge in [-0.25, -0.2) is 0 Å². The molecule has 1 aromatic carbocycles. The first-order chi connectivity index (χ1) is 13.8.